The molecule has 4 N–H and O–H groups in total. The molecule has 1 aromatic carbocycles. The Bertz CT molecular complexity index is 1760. The molecular weight excluding hydrogens is 596 g/mol. The van der Waals surface area contributed by atoms with E-state index in [2.05, 4.69) is 30.3 Å². The lowest BCUT2D eigenvalue weighted by atomic mass is 9.61. The van der Waals surface area contributed by atoms with Gasteiger partial charge >= 0.3 is 5.97 Å². The fraction of sp³-hybridized carbons (Fsp3) is 0.514. The molecule has 3 aliphatic heterocycles. The number of carboxylic acids is 1. The number of aromatic nitrogens is 5. The zero-order chi connectivity index (χ0) is 32.1. The van der Waals surface area contributed by atoms with Gasteiger partial charge in [-0.25, -0.2) is 14.8 Å². The number of aromatic hydroxyl groups is 1. The summed E-state index contributed by atoms with van der Waals surface area (Å²) in [6, 6.07) is 9.38. The van der Waals surface area contributed by atoms with Crippen LogP contribution < -0.4 is 10.2 Å². The molecule has 1 saturated carbocycles. The highest BCUT2D eigenvalue weighted by atomic mass is 16.5. The van der Waals surface area contributed by atoms with Crippen LogP contribution >= 0.6 is 0 Å². The number of nitrogens with one attached hydrogen (secondary N) is 2. The summed E-state index contributed by atoms with van der Waals surface area (Å²) in [7, 11) is 0. The number of phenolic OH excluding ortho intramolecular Hbond substituents is 1. The Morgan fingerprint density at radius 2 is 1.87 bits per heavy atom. The topological polar surface area (TPSA) is 153 Å². The van der Waals surface area contributed by atoms with Crippen molar-refractivity contribution in [2.45, 2.75) is 69.6 Å². The van der Waals surface area contributed by atoms with Crippen LogP contribution in [0.15, 0.2) is 42.7 Å². The number of aliphatic carboxylic acids is 1. The average molecular weight is 639 g/mol. The maximum atomic E-state index is 11.9. The molecule has 0 bridgehead atoms. The molecule has 3 fully saturated rings. The molecule has 3 aromatic heterocycles. The third-order valence-electron chi connectivity index (χ3n) is 11.0. The maximum Gasteiger partial charge on any atom is 0.332 e. The number of para-hydroxylation sites is 1. The summed E-state index contributed by atoms with van der Waals surface area (Å²) in [4.78, 5) is 29.9. The van der Waals surface area contributed by atoms with E-state index in [9.17, 15) is 15.0 Å². The van der Waals surface area contributed by atoms with E-state index in [-0.39, 0.29) is 18.4 Å². The lowest BCUT2D eigenvalue weighted by molar-refractivity contribution is -0.150. The highest BCUT2D eigenvalue weighted by Crippen LogP contribution is 2.47. The van der Waals surface area contributed by atoms with Crippen molar-refractivity contribution in [3.8, 4) is 17.0 Å². The fourth-order valence-corrected chi connectivity index (χ4v) is 8.24. The number of rotatable bonds is 9. The first-order valence-corrected chi connectivity index (χ1v) is 17.0. The second kappa shape index (κ2) is 12.1. The Kier molecular flexibility index (Phi) is 7.81. The molecule has 8 rings (SSSR count). The molecule has 12 nitrogen and oxygen atoms in total. The monoisotopic (exact) mass is 638 g/mol. The standard InChI is InChI=1S/C35H42N8O4/c1-2-30(33(45)46)47-18-28-31-25-13-27(24-5-3-4-6-29(24)44)40-41-32(25)39-26(31)9-12-43(28)34-37-16-22(17-38-34)21-7-10-42(11-8-21)23-14-35(15-23)19-36-20-35/h3-6,13,16-17,21,23,28,30,36,44H,2,7-12,14-15,18-20H2,1H3,(H,39,41)(H,45,46)/t28-,30+/m1/s1. The summed E-state index contributed by atoms with van der Waals surface area (Å²) < 4.78 is 6.04. The number of benzene rings is 1. The number of H-pyrrole nitrogens is 1. The van der Waals surface area contributed by atoms with Crippen LogP contribution in [0.5, 0.6) is 5.75 Å². The van der Waals surface area contributed by atoms with Crippen molar-refractivity contribution in [3.05, 3.63) is 59.5 Å². The largest absolute Gasteiger partial charge is 0.507 e. The average Bonchev–Trinajstić information content (AvgIpc) is 3.42. The molecule has 4 aliphatic rings. The third-order valence-corrected chi connectivity index (χ3v) is 11.0. The van der Waals surface area contributed by atoms with Crippen molar-refractivity contribution in [1.82, 2.24) is 35.4 Å². The van der Waals surface area contributed by atoms with E-state index in [0.29, 0.717) is 53.6 Å². The van der Waals surface area contributed by atoms with Crippen LogP contribution in [0.2, 0.25) is 0 Å². The summed E-state index contributed by atoms with van der Waals surface area (Å²) in [6.45, 7) is 7.23. The normalized spacial score (nSPS) is 22.1. The Hall–Kier alpha value is -4.13. The highest BCUT2D eigenvalue weighted by Gasteiger charge is 2.50. The number of ether oxygens (including phenoxy) is 1. The van der Waals surface area contributed by atoms with Gasteiger partial charge in [0.1, 0.15) is 5.75 Å². The van der Waals surface area contributed by atoms with Crippen molar-refractivity contribution in [3.63, 3.8) is 0 Å². The smallest absolute Gasteiger partial charge is 0.332 e. The molecule has 0 unspecified atom stereocenters. The first kappa shape index (κ1) is 30.2. The van der Waals surface area contributed by atoms with Gasteiger partial charge in [0.05, 0.1) is 18.3 Å². The van der Waals surface area contributed by atoms with E-state index in [1.54, 1.807) is 12.1 Å². The first-order valence-electron chi connectivity index (χ1n) is 17.0. The molecule has 12 heteroatoms. The number of carbonyl (C=O) groups is 1. The Balaban J connectivity index is 1.05. The van der Waals surface area contributed by atoms with Crippen LogP contribution in [-0.2, 0) is 16.0 Å². The Labute approximate surface area is 273 Å². The second-order valence-corrected chi connectivity index (χ2v) is 13.8. The molecule has 47 heavy (non-hydrogen) atoms. The van der Waals surface area contributed by atoms with E-state index >= 15 is 0 Å². The fourth-order valence-electron chi connectivity index (χ4n) is 8.24. The molecular formula is C35H42N8O4. The van der Waals surface area contributed by atoms with Crippen molar-refractivity contribution < 1.29 is 19.7 Å². The molecule has 4 aromatic rings. The van der Waals surface area contributed by atoms with Crippen LogP contribution in [0.3, 0.4) is 0 Å². The van der Waals surface area contributed by atoms with Crippen LogP contribution in [-0.4, -0.2) is 97.7 Å². The number of piperidine rings is 1. The van der Waals surface area contributed by atoms with Gasteiger partial charge in [-0.2, -0.15) is 0 Å². The first-order chi connectivity index (χ1) is 22.9. The maximum absolute atomic E-state index is 11.9. The van der Waals surface area contributed by atoms with Gasteiger partial charge in [0.25, 0.3) is 0 Å². The SMILES string of the molecule is CC[C@H](OC[C@@H]1c2c([nH]c3nnc(-c4ccccc4O)cc23)CCN1c1ncc(C2CCN(C3CC4(CNC4)C3)CC2)cn1)C(=O)O. The number of aromatic amines is 1. The number of phenols is 1. The summed E-state index contributed by atoms with van der Waals surface area (Å²) in [5.74, 6) is 0.194. The number of hydrogen-bond acceptors (Lipinski definition) is 10. The third kappa shape index (κ3) is 5.51. The minimum absolute atomic E-state index is 0.126. The predicted molar refractivity (Wildman–Crippen MR) is 176 cm³/mol. The van der Waals surface area contributed by atoms with Gasteiger partial charge in [-0.1, -0.05) is 19.1 Å². The lowest BCUT2D eigenvalue weighted by Crippen LogP contribution is -2.65. The van der Waals surface area contributed by atoms with E-state index in [4.69, 9.17) is 14.7 Å². The van der Waals surface area contributed by atoms with Crippen molar-refractivity contribution in [1.29, 1.82) is 0 Å². The van der Waals surface area contributed by atoms with Crippen molar-refractivity contribution in [2.24, 2.45) is 5.41 Å². The summed E-state index contributed by atoms with van der Waals surface area (Å²) in [6.07, 6.45) is 9.03. The van der Waals surface area contributed by atoms with Crippen LogP contribution in [0, 0.1) is 5.41 Å². The number of anilines is 1. The number of nitrogens with zero attached hydrogens (tertiary/aromatic N) is 6. The molecule has 2 atom stereocenters. The number of fused-ring (bicyclic) bond motifs is 3. The summed E-state index contributed by atoms with van der Waals surface area (Å²) in [5.41, 5.74) is 5.52. The van der Waals surface area contributed by atoms with E-state index in [0.717, 1.165) is 48.6 Å². The van der Waals surface area contributed by atoms with Crippen LogP contribution in [0.1, 0.15) is 67.8 Å². The van der Waals surface area contributed by atoms with Crippen molar-refractivity contribution >= 4 is 23.0 Å². The quantitative estimate of drug-likeness (QED) is 0.210. The predicted octanol–water partition coefficient (Wildman–Crippen LogP) is 4.04. The van der Waals surface area contributed by atoms with Gasteiger partial charge in [-0.05, 0) is 80.3 Å². The Morgan fingerprint density at radius 1 is 1.11 bits per heavy atom. The zero-order valence-corrected chi connectivity index (χ0v) is 26.7. The van der Waals surface area contributed by atoms with Crippen molar-refractivity contribution in [2.75, 3.05) is 44.2 Å². The number of hydrogen-bond donors (Lipinski definition) is 4. The van der Waals surface area contributed by atoms with Crippen LogP contribution in [0.25, 0.3) is 22.3 Å². The minimum Gasteiger partial charge on any atom is -0.507 e. The molecule has 2 saturated heterocycles. The molecule has 0 radical (unpaired) electrons. The van der Waals surface area contributed by atoms with E-state index < -0.39 is 12.1 Å². The Morgan fingerprint density at radius 3 is 2.55 bits per heavy atom. The van der Waals surface area contributed by atoms with E-state index in [1.807, 2.05) is 37.5 Å². The van der Waals surface area contributed by atoms with E-state index in [1.165, 1.54) is 31.5 Å². The van der Waals surface area contributed by atoms with Gasteiger partial charge in [0, 0.05) is 66.7 Å². The molecule has 6 heterocycles. The molecule has 246 valence electrons. The summed E-state index contributed by atoms with van der Waals surface area (Å²) >= 11 is 0. The summed E-state index contributed by atoms with van der Waals surface area (Å²) in [5, 5.41) is 33.4. The molecule has 1 aliphatic carbocycles. The van der Waals surface area contributed by atoms with Gasteiger partial charge in [0.2, 0.25) is 5.95 Å². The number of carboxylic acid groups (broad SMARTS) is 1. The molecule has 1 spiro atoms. The van der Waals surface area contributed by atoms with Gasteiger partial charge in [-0.3, -0.25) is 0 Å². The minimum atomic E-state index is -0.981. The molecule has 0 amide bonds. The lowest BCUT2D eigenvalue weighted by Gasteiger charge is -2.58. The number of likely N-dealkylation sites (tertiary alicyclic amines) is 1. The van der Waals surface area contributed by atoms with Crippen LogP contribution in [0.4, 0.5) is 5.95 Å². The van der Waals surface area contributed by atoms with Gasteiger partial charge < -0.3 is 35.1 Å². The highest BCUT2D eigenvalue weighted by molar-refractivity contribution is 5.86. The second-order valence-electron chi connectivity index (χ2n) is 13.8. The van der Waals surface area contributed by atoms with Gasteiger partial charge in [0.15, 0.2) is 11.8 Å². The van der Waals surface area contributed by atoms with Gasteiger partial charge in [-0.15, -0.1) is 10.2 Å². The zero-order valence-electron chi connectivity index (χ0n) is 26.7.